The highest BCUT2D eigenvalue weighted by Gasteiger charge is 2.28. The molecule has 0 spiro atoms. The van der Waals surface area contributed by atoms with E-state index in [1.165, 1.54) is 0 Å². The third kappa shape index (κ3) is 5.16. The first-order valence-electron chi connectivity index (χ1n) is 6.82. The second kappa shape index (κ2) is 8.12. The molecule has 0 aliphatic carbocycles. The Hall–Kier alpha value is -1.14. The molecule has 6 heteroatoms. The van der Waals surface area contributed by atoms with E-state index in [4.69, 9.17) is 15.6 Å². The second-order valence-corrected chi connectivity index (χ2v) is 4.97. The lowest BCUT2D eigenvalue weighted by Gasteiger charge is -2.36. The number of rotatable bonds is 7. The van der Waals surface area contributed by atoms with Gasteiger partial charge >= 0.3 is 5.97 Å². The zero-order valence-corrected chi connectivity index (χ0v) is 11.5. The lowest BCUT2D eigenvalue weighted by molar-refractivity contribution is -0.141. The van der Waals surface area contributed by atoms with Crippen LogP contribution in [0.3, 0.4) is 0 Å². The Morgan fingerprint density at radius 2 is 2.21 bits per heavy atom. The van der Waals surface area contributed by atoms with E-state index in [0.717, 1.165) is 19.3 Å². The molecule has 3 N–H and O–H groups in total. The fourth-order valence-electron chi connectivity index (χ4n) is 2.49. The van der Waals surface area contributed by atoms with Crippen LogP contribution >= 0.6 is 0 Å². The molecule has 1 aliphatic rings. The number of piperidine rings is 1. The van der Waals surface area contributed by atoms with Gasteiger partial charge in [0.2, 0.25) is 5.91 Å². The number of amides is 1. The Morgan fingerprint density at radius 3 is 2.79 bits per heavy atom. The number of aliphatic carboxylic acids is 1. The van der Waals surface area contributed by atoms with Gasteiger partial charge in [0, 0.05) is 32.7 Å². The van der Waals surface area contributed by atoms with Crippen molar-refractivity contribution < 1.29 is 19.4 Å². The molecule has 2 atom stereocenters. The average molecular weight is 272 g/mol. The molecule has 0 aromatic heterocycles. The summed E-state index contributed by atoms with van der Waals surface area (Å²) >= 11 is 0. The number of carbonyl (C=O) groups excluding carboxylic acids is 1. The number of carboxylic acids is 1. The predicted molar refractivity (Wildman–Crippen MR) is 70.7 cm³/mol. The molecule has 1 aliphatic heterocycles. The highest BCUT2D eigenvalue weighted by Crippen LogP contribution is 2.22. The Balaban J connectivity index is 2.54. The van der Waals surface area contributed by atoms with E-state index < -0.39 is 5.97 Å². The Morgan fingerprint density at radius 1 is 1.47 bits per heavy atom. The molecule has 6 nitrogen and oxygen atoms in total. The molecule has 0 aromatic carbocycles. The molecule has 110 valence electrons. The summed E-state index contributed by atoms with van der Waals surface area (Å²) in [6, 6.07) is 0.0487. The monoisotopic (exact) mass is 272 g/mol. The highest BCUT2D eigenvalue weighted by atomic mass is 16.5. The molecular weight excluding hydrogens is 248 g/mol. The summed E-state index contributed by atoms with van der Waals surface area (Å²) in [5.41, 5.74) is 5.52. The number of carbonyl (C=O) groups is 2. The Labute approximate surface area is 113 Å². The average Bonchev–Trinajstić information content (AvgIpc) is 2.42. The Kier molecular flexibility index (Phi) is 6.80. The minimum atomic E-state index is -0.810. The number of hydrogen-bond donors (Lipinski definition) is 2. The maximum Gasteiger partial charge on any atom is 0.303 e. The summed E-state index contributed by atoms with van der Waals surface area (Å²) in [5.74, 6) is -0.790. The number of carboxylic acid groups (broad SMARTS) is 1. The SMILES string of the molecule is COC(CN)CC(=O)N1CCCCC1CCC(=O)O. The summed E-state index contributed by atoms with van der Waals surface area (Å²) in [6.07, 6.45) is 3.58. The predicted octanol–water partition coefficient (Wildman–Crippen LogP) is 0.596. The molecule has 0 aromatic rings. The van der Waals surface area contributed by atoms with Gasteiger partial charge < -0.3 is 20.5 Å². The van der Waals surface area contributed by atoms with Crippen LogP contribution in [-0.4, -0.2) is 54.2 Å². The molecule has 1 amide bonds. The summed E-state index contributed by atoms with van der Waals surface area (Å²) in [5, 5.41) is 8.75. The van der Waals surface area contributed by atoms with Gasteiger partial charge in [0.05, 0.1) is 12.5 Å². The van der Waals surface area contributed by atoms with Gasteiger partial charge in [0.15, 0.2) is 0 Å². The number of methoxy groups -OCH3 is 1. The number of nitrogens with two attached hydrogens (primary N) is 1. The third-order valence-electron chi connectivity index (χ3n) is 3.64. The van der Waals surface area contributed by atoms with E-state index in [0.29, 0.717) is 19.5 Å². The van der Waals surface area contributed by atoms with Crippen LogP contribution in [0.4, 0.5) is 0 Å². The van der Waals surface area contributed by atoms with E-state index in [-0.39, 0.29) is 30.9 Å². The first-order chi connectivity index (χ1) is 9.08. The van der Waals surface area contributed by atoms with Crippen LogP contribution in [0.5, 0.6) is 0 Å². The molecule has 1 fully saturated rings. The van der Waals surface area contributed by atoms with Gasteiger partial charge in [-0.05, 0) is 25.7 Å². The summed E-state index contributed by atoms with van der Waals surface area (Å²) in [7, 11) is 1.54. The molecule has 19 heavy (non-hydrogen) atoms. The van der Waals surface area contributed by atoms with Crippen molar-refractivity contribution in [2.24, 2.45) is 5.73 Å². The number of nitrogens with zero attached hydrogens (tertiary/aromatic N) is 1. The highest BCUT2D eigenvalue weighted by molar-refractivity contribution is 5.77. The van der Waals surface area contributed by atoms with Gasteiger partial charge in [-0.15, -0.1) is 0 Å². The number of hydrogen-bond acceptors (Lipinski definition) is 4. The molecule has 0 saturated carbocycles. The van der Waals surface area contributed by atoms with E-state index in [1.54, 1.807) is 7.11 Å². The van der Waals surface area contributed by atoms with Gasteiger partial charge in [-0.3, -0.25) is 9.59 Å². The normalized spacial score (nSPS) is 21.2. The van der Waals surface area contributed by atoms with Gasteiger partial charge in [0.1, 0.15) is 0 Å². The van der Waals surface area contributed by atoms with Crippen molar-refractivity contribution >= 4 is 11.9 Å². The van der Waals surface area contributed by atoms with Gasteiger partial charge in [0.25, 0.3) is 0 Å². The minimum Gasteiger partial charge on any atom is -0.481 e. The smallest absolute Gasteiger partial charge is 0.303 e. The summed E-state index contributed by atoms with van der Waals surface area (Å²) < 4.78 is 5.13. The first kappa shape index (κ1) is 15.9. The number of likely N-dealkylation sites (tertiary alicyclic amines) is 1. The third-order valence-corrected chi connectivity index (χ3v) is 3.64. The van der Waals surface area contributed by atoms with E-state index in [2.05, 4.69) is 0 Å². The quantitative estimate of drug-likeness (QED) is 0.708. The van der Waals surface area contributed by atoms with Crippen LogP contribution in [0.25, 0.3) is 0 Å². The van der Waals surface area contributed by atoms with E-state index >= 15 is 0 Å². The molecule has 2 unspecified atom stereocenters. The van der Waals surface area contributed by atoms with E-state index in [9.17, 15) is 9.59 Å². The molecule has 1 saturated heterocycles. The molecule has 0 radical (unpaired) electrons. The van der Waals surface area contributed by atoms with Crippen LogP contribution < -0.4 is 5.73 Å². The summed E-state index contributed by atoms with van der Waals surface area (Å²) in [4.78, 5) is 24.7. The van der Waals surface area contributed by atoms with E-state index in [1.807, 2.05) is 4.90 Å². The minimum absolute atomic E-state index is 0.0207. The lowest BCUT2D eigenvalue weighted by atomic mass is 9.97. The molecule has 1 rings (SSSR count). The fourth-order valence-corrected chi connectivity index (χ4v) is 2.49. The fraction of sp³-hybridized carbons (Fsp3) is 0.846. The van der Waals surface area contributed by atoms with Crippen molar-refractivity contribution in [1.82, 2.24) is 4.90 Å². The van der Waals surface area contributed by atoms with Gasteiger partial charge in [-0.1, -0.05) is 0 Å². The lowest BCUT2D eigenvalue weighted by Crippen LogP contribution is -2.45. The second-order valence-electron chi connectivity index (χ2n) is 4.97. The van der Waals surface area contributed by atoms with Crippen molar-refractivity contribution in [2.45, 2.75) is 50.7 Å². The molecule has 1 heterocycles. The van der Waals surface area contributed by atoms with Crippen molar-refractivity contribution in [1.29, 1.82) is 0 Å². The van der Waals surface area contributed by atoms with Crippen LogP contribution in [0.15, 0.2) is 0 Å². The zero-order chi connectivity index (χ0) is 14.3. The first-order valence-corrected chi connectivity index (χ1v) is 6.82. The summed E-state index contributed by atoms with van der Waals surface area (Å²) in [6.45, 7) is 1.03. The Bertz CT molecular complexity index is 305. The van der Waals surface area contributed by atoms with Crippen LogP contribution in [-0.2, 0) is 14.3 Å². The van der Waals surface area contributed by atoms with Crippen LogP contribution in [0.2, 0.25) is 0 Å². The maximum absolute atomic E-state index is 12.2. The molecular formula is C13H24N2O4. The van der Waals surface area contributed by atoms with Crippen molar-refractivity contribution in [3.05, 3.63) is 0 Å². The standard InChI is InChI=1S/C13H24N2O4/c1-19-11(9-14)8-12(16)15-7-3-2-4-10(15)5-6-13(17)18/h10-11H,2-9,14H2,1H3,(H,17,18). The van der Waals surface area contributed by atoms with Gasteiger partial charge in [-0.25, -0.2) is 0 Å². The van der Waals surface area contributed by atoms with Crippen molar-refractivity contribution in [3.63, 3.8) is 0 Å². The van der Waals surface area contributed by atoms with Crippen molar-refractivity contribution in [3.8, 4) is 0 Å². The number of ether oxygens (including phenoxy) is 1. The largest absolute Gasteiger partial charge is 0.481 e. The zero-order valence-electron chi connectivity index (χ0n) is 11.5. The van der Waals surface area contributed by atoms with Gasteiger partial charge in [-0.2, -0.15) is 0 Å². The maximum atomic E-state index is 12.2. The molecule has 0 bridgehead atoms. The van der Waals surface area contributed by atoms with Crippen LogP contribution in [0, 0.1) is 0 Å². The van der Waals surface area contributed by atoms with Crippen LogP contribution in [0.1, 0.15) is 38.5 Å². The van der Waals surface area contributed by atoms with Crippen molar-refractivity contribution in [2.75, 3.05) is 20.2 Å². The topological polar surface area (TPSA) is 92.9 Å².